The number of carboxylic acids is 1. The molecule has 0 unspecified atom stereocenters. The number of methoxy groups -OCH3 is 1. The topological polar surface area (TPSA) is 59.4 Å². The van der Waals surface area contributed by atoms with Crippen molar-refractivity contribution in [3.05, 3.63) is 47.7 Å². The minimum Gasteiger partial charge on any atom is -0.480 e. The lowest BCUT2D eigenvalue weighted by atomic mass is 10.0. The number of aromatic carboxylic acids is 1. The number of hydrogen-bond acceptors (Lipinski definition) is 3. The quantitative estimate of drug-likeness (QED) is 0.914. The van der Waals surface area contributed by atoms with Gasteiger partial charge in [0.05, 0.1) is 7.11 Å². The zero-order chi connectivity index (χ0) is 13.8. The molecule has 4 nitrogen and oxygen atoms in total. The van der Waals surface area contributed by atoms with E-state index in [1.54, 1.807) is 12.3 Å². The van der Waals surface area contributed by atoms with Gasteiger partial charge in [-0.05, 0) is 23.6 Å². The molecule has 19 heavy (non-hydrogen) atoms. The van der Waals surface area contributed by atoms with Crippen molar-refractivity contribution in [3.8, 4) is 17.0 Å². The molecule has 2 aromatic rings. The monoisotopic (exact) mass is 257 g/mol. The van der Waals surface area contributed by atoms with Crippen molar-refractivity contribution in [2.45, 2.75) is 13.3 Å². The first-order chi connectivity index (χ1) is 9.15. The van der Waals surface area contributed by atoms with Gasteiger partial charge in [-0.3, -0.25) is 0 Å². The Morgan fingerprint density at radius 2 is 1.95 bits per heavy atom. The molecule has 4 heteroatoms. The van der Waals surface area contributed by atoms with Crippen molar-refractivity contribution in [2.75, 3.05) is 7.11 Å². The van der Waals surface area contributed by atoms with E-state index in [4.69, 9.17) is 9.84 Å². The van der Waals surface area contributed by atoms with Gasteiger partial charge in [0.15, 0.2) is 0 Å². The number of pyridine rings is 1. The average Bonchev–Trinajstić information content (AvgIpc) is 2.46. The number of benzene rings is 1. The van der Waals surface area contributed by atoms with Crippen LogP contribution in [0.3, 0.4) is 0 Å². The fraction of sp³-hybridized carbons (Fsp3) is 0.200. The van der Waals surface area contributed by atoms with Gasteiger partial charge in [-0.15, -0.1) is 0 Å². The van der Waals surface area contributed by atoms with E-state index in [9.17, 15) is 4.79 Å². The third kappa shape index (κ3) is 2.73. The molecule has 1 aromatic carbocycles. The molecule has 0 aliphatic carbocycles. The fourth-order valence-corrected chi connectivity index (χ4v) is 1.86. The molecule has 1 aromatic heterocycles. The molecule has 0 radical (unpaired) electrons. The number of carboxylic acid groups (broad SMARTS) is 1. The highest BCUT2D eigenvalue weighted by Gasteiger charge is 2.13. The van der Waals surface area contributed by atoms with E-state index in [-0.39, 0.29) is 11.4 Å². The Morgan fingerprint density at radius 1 is 1.26 bits per heavy atom. The van der Waals surface area contributed by atoms with Crippen LogP contribution in [0.1, 0.15) is 22.8 Å². The molecule has 0 saturated heterocycles. The second-order valence-corrected chi connectivity index (χ2v) is 4.14. The SMILES string of the molecule is CCc1ccc(-c2cnc(OC)c(C(=O)O)c2)cc1. The van der Waals surface area contributed by atoms with Crippen LogP contribution in [0.5, 0.6) is 5.88 Å². The molecule has 0 aliphatic rings. The molecular formula is C15H15NO3. The highest BCUT2D eigenvalue weighted by atomic mass is 16.5. The number of ether oxygens (including phenoxy) is 1. The van der Waals surface area contributed by atoms with Crippen LogP contribution in [-0.2, 0) is 6.42 Å². The van der Waals surface area contributed by atoms with Gasteiger partial charge < -0.3 is 9.84 Å². The summed E-state index contributed by atoms with van der Waals surface area (Å²) in [5, 5.41) is 9.13. The molecule has 0 aliphatic heterocycles. The maximum absolute atomic E-state index is 11.1. The van der Waals surface area contributed by atoms with Gasteiger partial charge in [0.1, 0.15) is 5.56 Å². The lowest BCUT2D eigenvalue weighted by molar-refractivity contribution is 0.0692. The standard InChI is InChI=1S/C15H15NO3/c1-3-10-4-6-11(7-5-10)12-8-13(15(17)18)14(19-2)16-9-12/h4-9H,3H2,1-2H3,(H,17,18). The summed E-state index contributed by atoms with van der Waals surface area (Å²) in [4.78, 5) is 15.2. The van der Waals surface area contributed by atoms with Gasteiger partial charge in [0, 0.05) is 11.8 Å². The largest absolute Gasteiger partial charge is 0.480 e. The normalized spacial score (nSPS) is 10.2. The number of hydrogen-bond donors (Lipinski definition) is 1. The van der Waals surface area contributed by atoms with E-state index in [1.807, 2.05) is 24.3 Å². The summed E-state index contributed by atoms with van der Waals surface area (Å²) in [6, 6.07) is 9.57. The van der Waals surface area contributed by atoms with Crippen molar-refractivity contribution in [3.63, 3.8) is 0 Å². The van der Waals surface area contributed by atoms with Crippen molar-refractivity contribution >= 4 is 5.97 Å². The Balaban J connectivity index is 2.44. The second-order valence-electron chi connectivity index (χ2n) is 4.14. The van der Waals surface area contributed by atoms with E-state index in [1.165, 1.54) is 12.7 Å². The van der Waals surface area contributed by atoms with Crippen LogP contribution >= 0.6 is 0 Å². The van der Waals surface area contributed by atoms with Crippen molar-refractivity contribution in [1.82, 2.24) is 4.98 Å². The first-order valence-electron chi connectivity index (χ1n) is 6.02. The molecule has 0 saturated carbocycles. The Bertz CT molecular complexity index is 591. The predicted octanol–water partition coefficient (Wildman–Crippen LogP) is 3.02. The zero-order valence-corrected chi connectivity index (χ0v) is 10.9. The maximum atomic E-state index is 11.1. The number of rotatable bonds is 4. The summed E-state index contributed by atoms with van der Waals surface area (Å²) in [5.74, 6) is -0.919. The lowest BCUT2D eigenvalue weighted by Crippen LogP contribution is -2.02. The Hall–Kier alpha value is -2.36. The van der Waals surface area contributed by atoms with E-state index in [0.717, 1.165) is 17.5 Å². The molecule has 0 atom stereocenters. The number of carbonyl (C=O) groups is 1. The van der Waals surface area contributed by atoms with Crippen LogP contribution < -0.4 is 4.74 Å². The maximum Gasteiger partial charge on any atom is 0.341 e. The molecule has 0 fully saturated rings. The zero-order valence-electron chi connectivity index (χ0n) is 10.9. The molecule has 98 valence electrons. The van der Waals surface area contributed by atoms with Crippen LogP contribution in [0, 0.1) is 0 Å². The number of aromatic nitrogens is 1. The van der Waals surface area contributed by atoms with Gasteiger partial charge in [0.2, 0.25) is 5.88 Å². The first-order valence-corrected chi connectivity index (χ1v) is 6.02. The van der Waals surface area contributed by atoms with Gasteiger partial charge in [-0.25, -0.2) is 9.78 Å². The van der Waals surface area contributed by atoms with E-state index < -0.39 is 5.97 Å². The van der Waals surface area contributed by atoms with Crippen molar-refractivity contribution in [1.29, 1.82) is 0 Å². The summed E-state index contributed by atoms with van der Waals surface area (Å²) >= 11 is 0. The third-order valence-electron chi connectivity index (χ3n) is 2.97. The minimum absolute atomic E-state index is 0.0690. The van der Waals surface area contributed by atoms with Gasteiger partial charge >= 0.3 is 5.97 Å². The van der Waals surface area contributed by atoms with Gasteiger partial charge in [0.25, 0.3) is 0 Å². The molecule has 2 rings (SSSR count). The van der Waals surface area contributed by atoms with E-state index in [2.05, 4.69) is 11.9 Å². The van der Waals surface area contributed by atoms with Crippen molar-refractivity contribution in [2.24, 2.45) is 0 Å². The minimum atomic E-state index is -1.05. The molecule has 0 amide bonds. The van der Waals surface area contributed by atoms with Gasteiger partial charge in [-0.2, -0.15) is 0 Å². The smallest absolute Gasteiger partial charge is 0.341 e. The summed E-state index contributed by atoms with van der Waals surface area (Å²) in [7, 11) is 1.41. The van der Waals surface area contributed by atoms with Crippen LogP contribution in [-0.4, -0.2) is 23.2 Å². The Kier molecular flexibility index (Phi) is 3.80. The summed E-state index contributed by atoms with van der Waals surface area (Å²) < 4.78 is 4.94. The number of aryl methyl sites for hydroxylation is 1. The van der Waals surface area contributed by atoms with Crippen LogP contribution in [0.25, 0.3) is 11.1 Å². The lowest BCUT2D eigenvalue weighted by Gasteiger charge is -2.07. The molecule has 1 heterocycles. The fourth-order valence-electron chi connectivity index (χ4n) is 1.86. The molecular weight excluding hydrogens is 242 g/mol. The van der Waals surface area contributed by atoms with Crippen molar-refractivity contribution < 1.29 is 14.6 Å². The summed E-state index contributed by atoms with van der Waals surface area (Å²) in [6.45, 7) is 2.09. The summed E-state index contributed by atoms with van der Waals surface area (Å²) in [5.41, 5.74) is 3.01. The Labute approximate surface area is 111 Å². The molecule has 0 bridgehead atoms. The van der Waals surface area contributed by atoms with Crippen LogP contribution in [0.2, 0.25) is 0 Å². The third-order valence-corrected chi connectivity index (χ3v) is 2.97. The van der Waals surface area contributed by atoms with E-state index >= 15 is 0 Å². The number of nitrogens with zero attached hydrogens (tertiary/aromatic N) is 1. The van der Waals surface area contributed by atoms with Crippen LogP contribution in [0.15, 0.2) is 36.5 Å². The first kappa shape index (κ1) is 13.1. The average molecular weight is 257 g/mol. The molecule has 1 N–H and O–H groups in total. The highest BCUT2D eigenvalue weighted by Crippen LogP contribution is 2.24. The highest BCUT2D eigenvalue weighted by molar-refractivity contribution is 5.91. The molecule has 0 spiro atoms. The Morgan fingerprint density at radius 3 is 2.47 bits per heavy atom. The van der Waals surface area contributed by atoms with Gasteiger partial charge in [-0.1, -0.05) is 31.2 Å². The van der Waals surface area contributed by atoms with Crippen LogP contribution in [0.4, 0.5) is 0 Å². The second kappa shape index (κ2) is 5.52. The predicted molar refractivity (Wildman–Crippen MR) is 72.6 cm³/mol. The van der Waals surface area contributed by atoms with E-state index in [0.29, 0.717) is 0 Å². The summed E-state index contributed by atoms with van der Waals surface area (Å²) in [6.07, 6.45) is 2.59.